The predicted octanol–water partition coefficient (Wildman–Crippen LogP) is 0.929. The van der Waals surface area contributed by atoms with Crippen molar-refractivity contribution in [2.75, 3.05) is 39.8 Å². The summed E-state index contributed by atoms with van der Waals surface area (Å²) in [5, 5.41) is 2.95. The molecular formula is C14H27N3O. The van der Waals surface area contributed by atoms with Gasteiger partial charge in [-0.25, -0.2) is 0 Å². The van der Waals surface area contributed by atoms with Crippen molar-refractivity contribution in [1.82, 2.24) is 15.1 Å². The third-order valence-electron chi connectivity index (χ3n) is 4.46. The van der Waals surface area contributed by atoms with E-state index in [-0.39, 0.29) is 11.8 Å². The highest BCUT2D eigenvalue weighted by Gasteiger charge is 2.29. The minimum atomic E-state index is 0.257. The molecule has 2 heterocycles. The molecule has 2 rings (SSSR count). The number of rotatable bonds is 3. The average molecular weight is 253 g/mol. The summed E-state index contributed by atoms with van der Waals surface area (Å²) in [5.74, 6) is 0.521. The van der Waals surface area contributed by atoms with E-state index in [9.17, 15) is 4.79 Å². The lowest BCUT2D eigenvalue weighted by Gasteiger charge is -2.40. The number of nitrogens with zero attached hydrogens (tertiary/aromatic N) is 2. The smallest absolute Gasteiger partial charge is 0.223 e. The van der Waals surface area contributed by atoms with Crippen LogP contribution in [0.25, 0.3) is 0 Å². The number of carbonyl (C=O) groups excluding carboxylic acids is 1. The minimum absolute atomic E-state index is 0.257. The van der Waals surface area contributed by atoms with Gasteiger partial charge in [-0.2, -0.15) is 0 Å². The summed E-state index contributed by atoms with van der Waals surface area (Å²) in [4.78, 5) is 16.8. The lowest BCUT2D eigenvalue weighted by Crippen LogP contribution is -2.48. The first kappa shape index (κ1) is 13.8. The van der Waals surface area contributed by atoms with E-state index < -0.39 is 0 Å². The molecule has 0 aromatic heterocycles. The number of hydrogen-bond donors (Lipinski definition) is 1. The maximum absolute atomic E-state index is 11.8. The molecule has 0 aromatic carbocycles. The molecule has 1 N–H and O–H groups in total. The Balaban J connectivity index is 1.74. The third kappa shape index (κ3) is 3.45. The molecular weight excluding hydrogens is 226 g/mol. The second kappa shape index (κ2) is 6.53. The van der Waals surface area contributed by atoms with Crippen molar-refractivity contribution in [3.05, 3.63) is 0 Å². The molecule has 0 bridgehead atoms. The topological polar surface area (TPSA) is 35.6 Å². The molecule has 0 saturated carbocycles. The van der Waals surface area contributed by atoms with Gasteiger partial charge >= 0.3 is 0 Å². The standard InChI is InChI=1S/C14H27N3O/c1-3-15-14(18)12-4-10-17(11-5-12)13-6-8-16(2)9-7-13/h12-13H,3-11H2,1-2H3,(H,15,18). The van der Waals surface area contributed by atoms with Gasteiger partial charge in [0.25, 0.3) is 0 Å². The number of likely N-dealkylation sites (tertiary alicyclic amines) is 2. The molecule has 4 heteroatoms. The monoisotopic (exact) mass is 253 g/mol. The van der Waals surface area contributed by atoms with Gasteiger partial charge < -0.3 is 15.1 Å². The molecule has 0 aliphatic carbocycles. The Hall–Kier alpha value is -0.610. The second-order valence-electron chi connectivity index (χ2n) is 5.74. The summed E-state index contributed by atoms with van der Waals surface area (Å²) in [6, 6.07) is 0.761. The van der Waals surface area contributed by atoms with Gasteiger partial charge in [0.2, 0.25) is 5.91 Å². The first-order valence-corrected chi connectivity index (χ1v) is 7.41. The molecule has 104 valence electrons. The summed E-state index contributed by atoms with van der Waals surface area (Å²) < 4.78 is 0. The van der Waals surface area contributed by atoms with Crippen molar-refractivity contribution in [1.29, 1.82) is 0 Å². The van der Waals surface area contributed by atoms with Crippen LogP contribution in [0.2, 0.25) is 0 Å². The molecule has 0 unspecified atom stereocenters. The van der Waals surface area contributed by atoms with Crippen molar-refractivity contribution >= 4 is 5.91 Å². The highest BCUT2D eigenvalue weighted by atomic mass is 16.1. The molecule has 4 nitrogen and oxygen atoms in total. The predicted molar refractivity (Wildman–Crippen MR) is 73.5 cm³/mol. The average Bonchev–Trinajstić information content (AvgIpc) is 2.40. The molecule has 0 aromatic rings. The van der Waals surface area contributed by atoms with Crippen LogP contribution in [0, 0.1) is 5.92 Å². The van der Waals surface area contributed by atoms with Gasteiger partial charge in [0.05, 0.1) is 0 Å². The number of hydrogen-bond acceptors (Lipinski definition) is 3. The molecule has 18 heavy (non-hydrogen) atoms. The van der Waals surface area contributed by atoms with E-state index in [4.69, 9.17) is 0 Å². The Morgan fingerprint density at radius 3 is 2.28 bits per heavy atom. The van der Waals surface area contributed by atoms with E-state index >= 15 is 0 Å². The highest BCUT2D eigenvalue weighted by Crippen LogP contribution is 2.23. The zero-order chi connectivity index (χ0) is 13.0. The van der Waals surface area contributed by atoms with E-state index in [2.05, 4.69) is 22.2 Å². The van der Waals surface area contributed by atoms with Crippen LogP contribution in [0.1, 0.15) is 32.6 Å². The van der Waals surface area contributed by atoms with Crippen LogP contribution in [0.3, 0.4) is 0 Å². The normalized spacial score (nSPS) is 25.2. The SMILES string of the molecule is CCNC(=O)C1CCN(C2CCN(C)CC2)CC1. The fraction of sp³-hybridized carbons (Fsp3) is 0.929. The number of piperidine rings is 2. The quantitative estimate of drug-likeness (QED) is 0.813. The molecule has 0 atom stereocenters. The van der Waals surface area contributed by atoms with Crippen molar-refractivity contribution in [2.24, 2.45) is 5.92 Å². The first-order valence-electron chi connectivity index (χ1n) is 7.41. The van der Waals surface area contributed by atoms with Gasteiger partial charge in [-0.05, 0) is 65.8 Å². The maximum Gasteiger partial charge on any atom is 0.223 e. The summed E-state index contributed by atoms with van der Waals surface area (Å²) in [6.45, 7) is 7.41. The van der Waals surface area contributed by atoms with Gasteiger partial charge in [-0.1, -0.05) is 0 Å². The largest absolute Gasteiger partial charge is 0.356 e. The van der Waals surface area contributed by atoms with Gasteiger partial charge in [-0.3, -0.25) is 4.79 Å². The summed E-state index contributed by atoms with van der Waals surface area (Å²) in [6.07, 6.45) is 4.67. The Kier molecular flexibility index (Phi) is 5.01. The Labute approximate surface area is 111 Å². The maximum atomic E-state index is 11.8. The van der Waals surface area contributed by atoms with Crippen LogP contribution in [-0.2, 0) is 4.79 Å². The van der Waals surface area contributed by atoms with Crippen molar-refractivity contribution in [2.45, 2.75) is 38.6 Å². The highest BCUT2D eigenvalue weighted by molar-refractivity contribution is 5.78. The number of amides is 1. The molecule has 0 spiro atoms. The lowest BCUT2D eigenvalue weighted by molar-refractivity contribution is -0.126. The first-order chi connectivity index (χ1) is 8.70. The van der Waals surface area contributed by atoms with Crippen LogP contribution in [0.15, 0.2) is 0 Å². The molecule has 2 fully saturated rings. The second-order valence-corrected chi connectivity index (χ2v) is 5.74. The van der Waals surface area contributed by atoms with E-state index in [0.717, 1.165) is 38.5 Å². The fourth-order valence-electron chi connectivity index (χ4n) is 3.21. The van der Waals surface area contributed by atoms with Gasteiger partial charge in [0.1, 0.15) is 0 Å². The zero-order valence-corrected chi connectivity index (χ0v) is 11.8. The summed E-state index contributed by atoms with van der Waals surface area (Å²) in [7, 11) is 2.21. The van der Waals surface area contributed by atoms with E-state index in [1.165, 1.54) is 25.9 Å². The molecule has 1 amide bonds. The van der Waals surface area contributed by atoms with Crippen LogP contribution in [0.4, 0.5) is 0 Å². The van der Waals surface area contributed by atoms with Crippen molar-refractivity contribution < 1.29 is 4.79 Å². The Morgan fingerprint density at radius 2 is 1.72 bits per heavy atom. The van der Waals surface area contributed by atoms with E-state index in [0.29, 0.717) is 0 Å². The van der Waals surface area contributed by atoms with Gasteiger partial charge in [0.15, 0.2) is 0 Å². The fourth-order valence-corrected chi connectivity index (χ4v) is 3.21. The van der Waals surface area contributed by atoms with Crippen LogP contribution < -0.4 is 5.32 Å². The Bertz CT molecular complexity index is 266. The minimum Gasteiger partial charge on any atom is -0.356 e. The molecule has 2 aliphatic heterocycles. The van der Waals surface area contributed by atoms with Crippen LogP contribution >= 0.6 is 0 Å². The molecule has 2 saturated heterocycles. The number of nitrogens with one attached hydrogen (secondary N) is 1. The lowest BCUT2D eigenvalue weighted by atomic mass is 9.93. The molecule has 2 aliphatic rings. The molecule has 0 radical (unpaired) electrons. The summed E-state index contributed by atoms with van der Waals surface area (Å²) in [5.41, 5.74) is 0. The van der Waals surface area contributed by atoms with Crippen LogP contribution in [0.5, 0.6) is 0 Å². The van der Waals surface area contributed by atoms with Gasteiger partial charge in [0, 0.05) is 18.5 Å². The zero-order valence-electron chi connectivity index (χ0n) is 11.8. The van der Waals surface area contributed by atoms with Gasteiger partial charge in [-0.15, -0.1) is 0 Å². The van der Waals surface area contributed by atoms with E-state index in [1.54, 1.807) is 0 Å². The number of carbonyl (C=O) groups is 1. The van der Waals surface area contributed by atoms with Crippen molar-refractivity contribution in [3.63, 3.8) is 0 Å². The van der Waals surface area contributed by atoms with Crippen molar-refractivity contribution in [3.8, 4) is 0 Å². The van der Waals surface area contributed by atoms with E-state index in [1.807, 2.05) is 6.92 Å². The summed E-state index contributed by atoms with van der Waals surface area (Å²) >= 11 is 0. The Morgan fingerprint density at radius 1 is 1.11 bits per heavy atom. The van der Waals surface area contributed by atoms with Crippen LogP contribution in [-0.4, -0.2) is 61.5 Å². The third-order valence-corrected chi connectivity index (χ3v) is 4.46.